The molecule has 2 aromatic carbocycles. The maximum Gasteiger partial charge on any atom is 0.271 e. The lowest BCUT2D eigenvalue weighted by Gasteiger charge is -2.05. The molecule has 0 bridgehead atoms. The summed E-state index contributed by atoms with van der Waals surface area (Å²) in [7, 11) is 0. The zero-order valence-electron chi connectivity index (χ0n) is 11.4. The summed E-state index contributed by atoms with van der Waals surface area (Å²) in [6.07, 6.45) is 0. The van der Waals surface area contributed by atoms with Crippen molar-refractivity contribution in [2.45, 2.75) is 13.8 Å². The molecule has 102 valence electrons. The van der Waals surface area contributed by atoms with E-state index in [0.29, 0.717) is 16.3 Å². The molecule has 1 N–H and O–H groups in total. The van der Waals surface area contributed by atoms with Crippen molar-refractivity contribution >= 4 is 23.2 Å². The Bertz CT molecular complexity index is 665. The highest BCUT2D eigenvalue weighted by molar-refractivity contribution is 6.31. The van der Waals surface area contributed by atoms with Crippen LogP contribution in [-0.4, -0.2) is 11.6 Å². The standard InChI is InChI=1S/C16H15ClN2O/c1-11-6-3-4-9-15(11)16(20)19-18-12(2)13-7-5-8-14(17)10-13/h3-10H,1-2H3,(H,19,20)/b18-12-. The minimum Gasteiger partial charge on any atom is -0.267 e. The summed E-state index contributed by atoms with van der Waals surface area (Å²) in [6, 6.07) is 14.7. The number of amides is 1. The van der Waals surface area contributed by atoms with E-state index in [-0.39, 0.29) is 5.91 Å². The third kappa shape index (κ3) is 3.45. The van der Waals surface area contributed by atoms with E-state index in [1.807, 2.05) is 44.2 Å². The van der Waals surface area contributed by atoms with Crippen molar-refractivity contribution in [2.24, 2.45) is 5.10 Å². The van der Waals surface area contributed by atoms with E-state index in [2.05, 4.69) is 10.5 Å². The fourth-order valence-corrected chi connectivity index (χ4v) is 1.99. The molecule has 0 spiro atoms. The van der Waals surface area contributed by atoms with Crippen LogP contribution in [0, 0.1) is 6.92 Å². The van der Waals surface area contributed by atoms with Crippen molar-refractivity contribution in [2.75, 3.05) is 0 Å². The Hall–Kier alpha value is -2.13. The highest BCUT2D eigenvalue weighted by Gasteiger charge is 2.07. The van der Waals surface area contributed by atoms with Crippen LogP contribution < -0.4 is 5.43 Å². The Morgan fingerprint density at radius 1 is 1.15 bits per heavy atom. The summed E-state index contributed by atoms with van der Waals surface area (Å²) in [5, 5.41) is 4.75. The Balaban J connectivity index is 2.13. The number of rotatable bonds is 3. The minimum atomic E-state index is -0.218. The van der Waals surface area contributed by atoms with Gasteiger partial charge in [-0.25, -0.2) is 5.43 Å². The third-order valence-corrected chi connectivity index (χ3v) is 3.19. The third-order valence-electron chi connectivity index (χ3n) is 2.96. The first-order valence-electron chi connectivity index (χ1n) is 6.24. The highest BCUT2D eigenvalue weighted by atomic mass is 35.5. The molecule has 0 unspecified atom stereocenters. The molecular formula is C16H15ClN2O. The molecule has 4 heteroatoms. The van der Waals surface area contributed by atoms with E-state index in [9.17, 15) is 4.79 Å². The van der Waals surface area contributed by atoms with Gasteiger partial charge in [-0.15, -0.1) is 0 Å². The number of hydrogen-bond donors (Lipinski definition) is 1. The van der Waals surface area contributed by atoms with Crippen LogP contribution in [0.1, 0.15) is 28.4 Å². The van der Waals surface area contributed by atoms with Gasteiger partial charge in [0, 0.05) is 10.6 Å². The number of aryl methyl sites for hydroxylation is 1. The van der Waals surface area contributed by atoms with Gasteiger partial charge in [0.05, 0.1) is 5.71 Å². The molecule has 0 saturated carbocycles. The maximum atomic E-state index is 12.0. The number of hydrazone groups is 1. The molecule has 0 radical (unpaired) electrons. The lowest BCUT2D eigenvalue weighted by molar-refractivity contribution is 0.0954. The van der Waals surface area contributed by atoms with E-state index in [4.69, 9.17) is 11.6 Å². The van der Waals surface area contributed by atoms with Crippen molar-refractivity contribution in [1.29, 1.82) is 0 Å². The van der Waals surface area contributed by atoms with Crippen LogP contribution in [0.25, 0.3) is 0 Å². The Kier molecular flexibility index (Phi) is 4.53. The second-order valence-electron chi connectivity index (χ2n) is 4.46. The van der Waals surface area contributed by atoms with E-state index >= 15 is 0 Å². The lowest BCUT2D eigenvalue weighted by atomic mass is 10.1. The first-order valence-corrected chi connectivity index (χ1v) is 6.62. The number of halogens is 1. The van der Waals surface area contributed by atoms with E-state index < -0.39 is 0 Å². The Morgan fingerprint density at radius 3 is 2.60 bits per heavy atom. The van der Waals surface area contributed by atoms with E-state index in [1.54, 1.807) is 18.2 Å². The summed E-state index contributed by atoms with van der Waals surface area (Å²) < 4.78 is 0. The molecule has 2 aromatic rings. The van der Waals surface area contributed by atoms with E-state index in [0.717, 1.165) is 11.1 Å². The number of hydrogen-bond acceptors (Lipinski definition) is 2. The molecule has 0 aliphatic heterocycles. The van der Waals surface area contributed by atoms with Crippen LogP contribution in [0.4, 0.5) is 0 Å². The highest BCUT2D eigenvalue weighted by Crippen LogP contribution is 2.11. The fraction of sp³-hybridized carbons (Fsp3) is 0.125. The molecule has 0 atom stereocenters. The van der Waals surface area contributed by atoms with Gasteiger partial charge in [-0.1, -0.05) is 41.9 Å². The summed E-state index contributed by atoms with van der Waals surface area (Å²) in [5.41, 5.74) is 5.68. The molecule has 0 aliphatic rings. The molecule has 0 fully saturated rings. The fourth-order valence-electron chi connectivity index (χ4n) is 1.80. The zero-order chi connectivity index (χ0) is 14.5. The van der Waals surface area contributed by atoms with Gasteiger partial charge in [0.15, 0.2) is 0 Å². The number of carbonyl (C=O) groups is 1. The van der Waals surface area contributed by atoms with E-state index in [1.165, 1.54) is 0 Å². The van der Waals surface area contributed by atoms with Crippen LogP contribution in [0.5, 0.6) is 0 Å². The number of benzene rings is 2. The van der Waals surface area contributed by atoms with Gasteiger partial charge in [0.2, 0.25) is 0 Å². The van der Waals surface area contributed by atoms with Crippen molar-refractivity contribution in [3.63, 3.8) is 0 Å². The second-order valence-corrected chi connectivity index (χ2v) is 4.90. The predicted octanol–water partition coefficient (Wildman–Crippen LogP) is 3.80. The molecule has 2 rings (SSSR count). The molecule has 0 heterocycles. The lowest BCUT2D eigenvalue weighted by Crippen LogP contribution is -2.20. The average Bonchev–Trinajstić information content (AvgIpc) is 2.45. The quantitative estimate of drug-likeness (QED) is 0.677. The first-order chi connectivity index (χ1) is 9.58. The van der Waals surface area contributed by atoms with Crippen LogP contribution >= 0.6 is 11.6 Å². The summed E-state index contributed by atoms with van der Waals surface area (Å²) >= 11 is 5.93. The SMILES string of the molecule is C/C(=N/NC(=O)c1ccccc1C)c1cccc(Cl)c1. The molecule has 0 aliphatic carbocycles. The van der Waals surface area contributed by atoms with Crippen molar-refractivity contribution in [3.8, 4) is 0 Å². The van der Waals surface area contributed by atoms with Crippen molar-refractivity contribution < 1.29 is 4.79 Å². The largest absolute Gasteiger partial charge is 0.271 e. The number of carbonyl (C=O) groups excluding carboxylic acids is 1. The van der Waals surface area contributed by atoms with Gasteiger partial charge in [0.25, 0.3) is 5.91 Å². The zero-order valence-corrected chi connectivity index (χ0v) is 12.1. The van der Waals surface area contributed by atoms with Crippen molar-refractivity contribution in [1.82, 2.24) is 5.43 Å². The molecule has 0 saturated heterocycles. The summed E-state index contributed by atoms with van der Waals surface area (Å²) in [5.74, 6) is -0.218. The number of nitrogens with zero attached hydrogens (tertiary/aromatic N) is 1. The molecule has 20 heavy (non-hydrogen) atoms. The molecule has 3 nitrogen and oxygen atoms in total. The monoisotopic (exact) mass is 286 g/mol. The molecular weight excluding hydrogens is 272 g/mol. The smallest absolute Gasteiger partial charge is 0.267 e. The van der Waals surface area contributed by atoms with Crippen LogP contribution in [0.2, 0.25) is 5.02 Å². The maximum absolute atomic E-state index is 12.0. The minimum absolute atomic E-state index is 0.218. The molecule has 0 aromatic heterocycles. The summed E-state index contributed by atoms with van der Waals surface area (Å²) in [4.78, 5) is 12.0. The van der Waals surface area contributed by atoms with Gasteiger partial charge in [-0.3, -0.25) is 4.79 Å². The summed E-state index contributed by atoms with van der Waals surface area (Å²) in [6.45, 7) is 3.71. The number of nitrogens with one attached hydrogen (secondary N) is 1. The normalized spacial score (nSPS) is 11.2. The topological polar surface area (TPSA) is 41.5 Å². The van der Waals surface area contributed by atoms with Crippen molar-refractivity contribution in [3.05, 3.63) is 70.2 Å². The van der Waals surface area contributed by atoms with Gasteiger partial charge in [-0.05, 0) is 43.2 Å². The Morgan fingerprint density at radius 2 is 1.90 bits per heavy atom. The second kappa shape index (κ2) is 6.35. The van der Waals surface area contributed by atoms with Gasteiger partial charge in [0.1, 0.15) is 0 Å². The van der Waals surface area contributed by atoms with Gasteiger partial charge in [-0.2, -0.15) is 5.10 Å². The van der Waals surface area contributed by atoms with Gasteiger partial charge < -0.3 is 0 Å². The average molecular weight is 287 g/mol. The van der Waals surface area contributed by atoms with Crippen LogP contribution in [0.3, 0.4) is 0 Å². The Labute approximate surface area is 123 Å². The molecule has 1 amide bonds. The van der Waals surface area contributed by atoms with Crippen LogP contribution in [-0.2, 0) is 0 Å². The van der Waals surface area contributed by atoms with Crippen LogP contribution in [0.15, 0.2) is 53.6 Å². The predicted molar refractivity (Wildman–Crippen MR) is 82.3 cm³/mol. The first kappa shape index (κ1) is 14.3. The van der Waals surface area contributed by atoms with Gasteiger partial charge >= 0.3 is 0 Å².